The molecule has 1 fully saturated rings. The van der Waals surface area contributed by atoms with Crippen molar-refractivity contribution in [3.05, 3.63) is 21.9 Å². The van der Waals surface area contributed by atoms with E-state index in [-0.39, 0.29) is 17.8 Å². The third kappa shape index (κ3) is 5.14. The van der Waals surface area contributed by atoms with Crippen molar-refractivity contribution < 1.29 is 24.2 Å². The predicted molar refractivity (Wildman–Crippen MR) is 90.6 cm³/mol. The number of hydrogen-bond acceptors (Lipinski definition) is 6. The largest absolute Gasteiger partial charge is 0.481 e. The number of nitrogens with zero attached hydrogens (tertiary/aromatic N) is 1. The minimum Gasteiger partial charge on any atom is -0.481 e. The Morgan fingerprint density at radius 3 is 2.71 bits per heavy atom. The molecule has 0 spiro atoms. The summed E-state index contributed by atoms with van der Waals surface area (Å²) in [6.45, 7) is 5.43. The average Bonchev–Trinajstić information content (AvgIpc) is 3.02. The van der Waals surface area contributed by atoms with Crippen molar-refractivity contribution in [1.82, 2.24) is 4.90 Å². The number of aliphatic carboxylic acids is 1. The number of ether oxygens (including phenoxy) is 1. The maximum absolute atomic E-state index is 12.3. The second kappa shape index (κ2) is 8.39. The van der Waals surface area contributed by atoms with Crippen LogP contribution in [-0.2, 0) is 9.53 Å². The minimum atomic E-state index is -0.766. The van der Waals surface area contributed by atoms with Gasteiger partial charge in [0, 0.05) is 19.5 Å². The lowest BCUT2D eigenvalue weighted by Crippen LogP contribution is -2.39. The second-order valence-corrected chi connectivity index (χ2v) is 7.35. The maximum Gasteiger partial charge on any atom is 0.348 e. The molecular weight excluding hydrogens is 330 g/mol. The third-order valence-corrected chi connectivity index (χ3v) is 5.04. The standard InChI is InChI=1S/C17H23NO5S/c1-11(2)23-17(22)15-6-5-14(24-15)13(19)7-9-18-8-3-4-12(10-18)16(20)21/h5-6,11-12H,3-4,7-10H2,1-2H3,(H,20,21). The third-order valence-electron chi connectivity index (χ3n) is 3.93. The summed E-state index contributed by atoms with van der Waals surface area (Å²) < 4.78 is 5.12. The number of likely N-dealkylation sites (tertiary alicyclic amines) is 1. The molecule has 0 aliphatic carbocycles. The van der Waals surface area contributed by atoms with Crippen LogP contribution in [0.15, 0.2) is 12.1 Å². The van der Waals surface area contributed by atoms with Gasteiger partial charge in [-0.25, -0.2) is 4.79 Å². The Labute approximate surface area is 145 Å². The molecule has 1 saturated heterocycles. The van der Waals surface area contributed by atoms with E-state index in [1.165, 1.54) is 0 Å². The van der Waals surface area contributed by atoms with Crippen LogP contribution < -0.4 is 0 Å². The first-order valence-corrected chi connectivity index (χ1v) is 8.97. The highest BCUT2D eigenvalue weighted by molar-refractivity contribution is 7.15. The lowest BCUT2D eigenvalue weighted by atomic mass is 9.98. The highest BCUT2D eigenvalue weighted by Gasteiger charge is 2.25. The molecule has 0 amide bonds. The monoisotopic (exact) mass is 353 g/mol. The van der Waals surface area contributed by atoms with Gasteiger partial charge in [0.05, 0.1) is 16.9 Å². The van der Waals surface area contributed by atoms with Gasteiger partial charge < -0.3 is 14.7 Å². The number of hydrogen-bond donors (Lipinski definition) is 1. The molecule has 1 N–H and O–H groups in total. The van der Waals surface area contributed by atoms with Crippen molar-refractivity contribution in [3.8, 4) is 0 Å². The number of carbonyl (C=O) groups is 3. The highest BCUT2D eigenvalue weighted by atomic mass is 32.1. The molecule has 1 aromatic rings. The SMILES string of the molecule is CC(C)OC(=O)c1ccc(C(=O)CCN2CCCC(C(=O)O)C2)s1. The summed E-state index contributed by atoms with van der Waals surface area (Å²) in [5.74, 6) is -1.54. The summed E-state index contributed by atoms with van der Waals surface area (Å²) in [7, 11) is 0. The Kier molecular flexibility index (Phi) is 6.51. The highest BCUT2D eigenvalue weighted by Crippen LogP contribution is 2.21. The zero-order chi connectivity index (χ0) is 17.7. The topological polar surface area (TPSA) is 83.9 Å². The summed E-state index contributed by atoms with van der Waals surface area (Å²) in [4.78, 5) is 38.1. The summed E-state index contributed by atoms with van der Waals surface area (Å²) in [5.41, 5.74) is 0. The Hall–Kier alpha value is -1.73. The fraction of sp³-hybridized carbons (Fsp3) is 0.588. The molecule has 1 atom stereocenters. The molecule has 0 aromatic carbocycles. The van der Waals surface area contributed by atoms with Crippen LogP contribution in [0.3, 0.4) is 0 Å². The number of esters is 1. The fourth-order valence-corrected chi connectivity index (χ4v) is 3.57. The summed E-state index contributed by atoms with van der Waals surface area (Å²) in [5, 5.41) is 9.09. The molecule has 1 aliphatic heterocycles. The number of ketones is 1. The first-order valence-electron chi connectivity index (χ1n) is 8.16. The van der Waals surface area contributed by atoms with Crippen LogP contribution in [0.5, 0.6) is 0 Å². The van der Waals surface area contributed by atoms with Crippen LogP contribution in [0.25, 0.3) is 0 Å². The Morgan fingerprint density at radius 2 is 2.04 bits per heavy atom. The number of piperidine rings is 1. The van der Waals surface area contributed by atoms with Gasteiger partial charge in [-0.3, -0.25) is 9.59 Å². The van der Waals surface area contributed by atoms with Crippen molar-refractivity contribution >= 4 is 29.1 Å². The number of thiophene rings is 1. The average molecular weight is 353 g/mol. The van der Waals surface area contributed by atoms with E-state index in [2.05, 4.69) is 0 Å². The van der Waals surface area contributed by atoms with E-state index in [1.807, 2.05) is 4.90 Å². The normalized spacial score (nSPS) is 18.5. The fourth-order valence-electron chi connectivity index (χ4n) is 2.71. The van der Waals surface area contributed by atoms with Crippen molar-refractivity contribution in [2.24, 2.45) is 5.92 Å². The van der Waals surface area contributed by atoms with Gasteiger partial charge in [-0.05, 0) is 45.4 Å². The van der Waals surface area contributed by atoms with Gasteiger partial charge in [0.15, 0.2) is 5.78 Å². The van der Waals surface area contributed by atoms with E-state index in [0.29, 0.717) is 35.7 Å². The summed E-state index contributed by atoms with van der Waals surface area (Å²) in [6.07, 6.45) is 1.67. The molecule has 2 heterocycles. The van der Waals surface area contributed by atoms with Crippen molar-refractivity contribution in [2.75, 3.05) is 19.6 Å². The van der Waals surface area contributed by atoms with Crippen molar-refractivity contribution in [3.63, 3.8) is 0 Å². The van der Waals surface area contributed by atoms with Gasteiger partial charge in [-0.1, -0.05) is 0 Å². The first-order chi connectivity index (χ1) is 11.4. The van der Waals surface area contributed by atoms with Gasteiger partial charge >= 0.3 is 11.9 Å². The van der Waals surface area contributed by atoms with E-state index in [9.17, 15) is 14.4 Å². The minimum absolute atomic E-state index is 0.0268. The Bertz CT molecular complexity index is 610. The van der Waals surface area contributed by atoms with Crippen LogP contribution in [-0.4, -0.2) is 53.5 Å². The predicted octanol–water partition coefficient (Wildman–Crippen LogP) is 2.68. The zero-order valence-corrected chi connectivity index (χ0v) is 14.8. The number of carbonyl (C=O) groups excluding carboxylic acids is 2. The zero-order valence-electron chi connectivity index (χ0n) is 14.0. The molecule has 24 heavy (non-hydrogen) atoms. The van der Waals surface area contributed by atoms with E-state index in [4.69, 9.17) is 9.84 Å². The number of carboxylic acid groups (broad SMARTS) is 1. The molecule has 1 unspecified atom stereocenters. The number of Topliss-reactive ketones (excluding diaryl/α,β-unsaturated/α-hetero) is 1. The maximum atomic E-state index is 12.3. The van der Waals surface area contributed by atoms with E-state index in [1.54, 1.807) is 26.0 Å². The molecule has 2 rings (SSSR count). The molecule has 0 saturated carbocycles. The molecule has 0 bridgehead atoms. The van der Waals surface area contributed by atoms with Gasteiger partial charge in [0.25, 0.3) is 0 Å². The smallest absolute Gasteiger partial charge is 0.348 e. The number of carboxylic acids is 1. The second-order valence-electron chi connectivity index (χ2n) is 6.27. The lowest BCUT2D eigenvalue weighted by Gasteiger charge is -2.30. The molecule has 1 aromatic heterocycles. The lowest BCUT2D eigenvalue weighted by molar-refractivity contribution is -0.143. The number of rotatable bonds is 7. The van der Waals surface area contributed by atoms with Crippen LogP contribution in [0.1, 0.15) is 52.5 Å². The van der Waals surface area contributed by atoms with Gasteiger partial charge in [0.1, 0.15) is 4.88 Å². The molecule has 7 heteroatoms. The van der Waals surface area contributed by atoms with E-state index >= 15 is 0 Å². The van der Waals surface area contributed by atoms with Crippen molar-refractivity contribution in [2.45, 2.75) is 39.2 Å². The van der Waals surface area contributed by atoms with Gasteiger partial charge in [-0.2, -0.15) is 0 Å². The molecule has 0 radical (unpaired) electrons. The molecular formula is C17H23NO5S. The van der Waals surface area contributed by atoms with Crippen LogP contribution >= 0.6 is 11.3 Å². The van der Waals surface area contributed by atoms with Crippen LogP contribution in [0.4, 0.5) is 0 Å². The van der Waals surface area contributed by atoms with Crippen LogP contribution in [0, 0.1) is 5.92 Å². The first kappa shape index (κ1) is 18.6. The van der Waals surface area contributed by atoms with Crippen LogP contribution in [0.2, 0.25) is 0 Å². The van der Waals surface area contributed by atoms with Gasteiger partial charge in [-0.15, -0.1) is 11.3 Å². The van der Waals surface area contributed by atoms with E-state index < -0.39 is 11.9 Å². The summed E-state index contributed by atoms with van der Waals surface area (Å²) >= 11 is 1.15. The Morgan fingerprint density at radius 1 is 1.33 bits per heavy atom. The Balaban J connectivity index is 1.85. The van der Waals surface area contributed by atoms with Crippen molar-refractivity contribution in [1.29, 1.82) is 0 Å². The molecule has 1 aliphatic rings. The van der Waals surface area contributed by atoms with E-state index in [0.717, 1.165) is 24.3 Å². The molecule has 132 valence electrons. The molecule has 6 nitrogen and oxygen atoms in total. The quantitative estimate of drug-likeness (QED) is 0.599. The van der Waals surface area contributed by atoms with Gasteiger partial charge in [0.2, 0.25) is 0 Å². The summed E-state index contributed by atoms with van der Waals surface area (Å²) in [6, 6.07) is 3.27.